The van der Waals surface area contributed by atoms with Gasteiger partial charge in [0.2, 0.25) is 0 Å². The van der Waals surface area contributed by atoms with Gasteiger partial charge in [0, 0.05) is 12.0 Å². The molecule has 0 fully saturated rings. The van der Waals surface area contributed by atoms with Gasteiger partial charge in [0.05, 0.1) is 11.3 Å². The zero-order chi connectivity index (χ0) is 20.8. The Morgan fingerprint density at radius 3 is 2.54 bits per heavy atom. The molecule has 2 rings (SSSR count). The van der Waals surface area contributed by atoms with E-state index in [-0.39, 0.29) is 17.5 Å². The fourth-order valence-electron chi connectivity index (χ4n) is 3.49. The van der Waals surface area contributed by atoms with E-state index in [0.29, 0.717) is 28.7 Å². The van der Waals surface area contributed by atoms with Crippen LogP contribution in [0, 0.1) is 18.3 Å². The summed E-state index contributed by atoms with van der Waals surface area (Å²) in [5.41, 5.74) is 8.59. The standard InChI is InChI=1S/C22H31N5O/c1-6-7-16(27(4)5)10-9-15(3)20-18(13-23)21(24)26-22(25-20)17-12-14(2)8-11-19(17)28/h8,11-12,15-16,28H,6-7,9-10H2,1-5H3,(H2,24,25,26). The molecule has 0 bridgehead atoms. The van der Waals surface area contributed by atoms with Crippen LogP contribution in [0.2, 0.25) is 0 Å². The van der Waals surface area contributed by atoms with E-state index in [2.05, 4.69) is 48.9 Å². The third-order valence-corrected chi connectivity index (χ3v) is 5.22. The Morgan fingerprint density at radius 1 is 1.21 bits per heavy atom. The minimum absolute atomic E-state index is 0.0601. The lowest BCUT2D eigenvalue weighted by Gasteiger charge is -2.25. The predicted octanol–water partition coefficient (Wildman–Crippen LogP) is 4.23. The maximum atomic E-state index is 10.2. The van der Waals surface area contributed by atoms with Crippen LogP contribution in [0.25, 0.3) is 11.4 Å². The number of hydrogen-bond donors (Lipinski definition) is 2. The minimum atomic E-state index is 0.0601. The summed E-state index contributed by atoms with van der Waals surface area (Å²) in [5.74, 6) is 0.680. The van der Waals surface area contributed by atoms with Gasteiger partial charge < -0.3 is 15.7 Å². The Kier molecular flexibility index (Phi) is 7.36. The Morgan fingerprint density at radius 2 is 1.93 bits per heavy atom. The molecule has 0 aliphatic heterocycles. The summed E-state index contributed by atoms with van der Waals surface area (Å²) >= 11 is 0. The van der Waals surface area contributed by atoms with Crippen molar-refractivity contribution >= 4 is 5.82 Å². The van der Waals surface area contributed by atoms with Gasteiger partial charge in [-0.3, -0.25) is 0 Å². The Balaban J connectivity index is 2.38. The molecule has 0 saturated heterocycles. The van der Waals surface area contributed by atoms with Crippen LogP contribution in [0.3, 0.4) is 0 Å². The number of nitrogens with zero attached hydrogens (tertiary/aromatic N) is 4. The Labute approximate surface area is 168 Å². The van der Waals surface area contributed by atoms with Crippen LogP contribution >= 0.6 is 0 Å². The summed E-state index contributed by atoms with van der Waals surface area (Å²) in [6, 6.07) is 7.93. The summed E-state index contributed by atoms with van der Waals surface area (Å²) in [6.45, 7) is 6.20. The first-order valence-electron chi connectivity index (χ1n) is 9.82. The number of nitrogens with two attached hydrogens (primary N) is 1. The molecule has 0 aliphatic carbocycles. The lowest BCUT2D eigenvalue weighted by Crippen LogP contribution is -2.28. The SMILES string of the molecule is CCCC(CCC(C)c1nc(-c2cc(C)ccc2O)nc(N)c1C#N)N(C)C. The number of aromatic nitrogens is 2. The number of aryl methyl sites for hydroxylation is 1. The molecule has 1 heterocycles. The van der Waals surface area contributed by atoms with Crippen LogP contribution in [0.5, 0.6) is 5.75 Å². The van der Waals surface area contributed by atoms with Crippen molar-refractivity contribution in [2.45, 2.75) is 58.4 Å². The van der Waals surface area contributed by atoms with E-state index in [1.165, 1.54) is 0 Å². The number of hydrogen-bond acceptors (Lipinski definition) is 6. The van der Waals surface area contributed by atoms with E-state index in [4.69, 9.17) is 5.73 Å². The average Bonchev–Trinajstić information content (AvgIpc) is 2.65. The second-order valence-corrected chi connectivity index (χ2v) is 7.71. The topological polar surface area (TPSA) is 99.1 Å². The average molecular weight is 382 g/mol. The predicted molar refractivity (Wildman–Crippen MR) is 113 cm³/mol. The van der Waals surface area contributed by atoms with Gasteiger partial charge >= 0.3 is 0 Å². The van der Waals surface area contributed by atoms with E-state index < -0.39 is 0 Å². The van der Waals surface area contributed by atoms with Crippen LogP contribution in [0.4, 0.5) is 5.82 Å². The van der Waals surface area contributed by atoms with Crippen molar-refractivity contribution in [1.29, 1.82) is 5.26 Å². The molecule has 0 saturated carbocycles. The fourth-order valence-corrected chi connectivity index (χ4v) is 3.49. The molecule has 2 unspecified atom stereocenters. The van der Waals surface area contributed by atoms with Crippen LogP contribution in [0.15, 0.2) is 18.2 Å². The van der Waals surface area contributed by atoms with E-state index in [0.717, 1.165) is 31.2 Å². The van der Waals surface area contributed by atoms with Gasteiger partial charge in [-0.15, -0.1) is 0 Å². The lowest BCUT2D eigenvalue weighted by atomic mass is 9.93. The number of anilines is 1. The second-order valence-electron chi connectivity index (χ2n) is 7.71. The molecule has 0 spiro atoms. The van der Waals surface area contributed by atoms with Gasteiger partial charge in [0.25, 0.3) is 0 Å². The molecule has 0 amide bonds. The van der Waals surface area contributed by atoms with Gasteiger partial charge in [-0.25, -0.2) is 9.97 Å². The molecule has 28 heavy (non-hydrogen) atoms. The molecular formula is C22H31N5O. The van der Waals surface area contributed by atoms with Crippen molar-refractivity contribution in [2.75, 3.05) is 19.8 Å². The van der Waals surface area contributed by atoms with Crippen molar-refractivity contribution in [3.05, 3.63) is 35.0 Å². The molecule has 2 atom stereocenters. The highest BCUT2D eigenvalue weighted by molar-refractivity contribution is 5.67. The van der Waals surface area contributed by atoms with Crippen LogP contribution < -0.4 is 5.73 Å². The molecule has 150 valence electrons. The summed E-state index contributed by atoms with van der Waals surface area (Å²) in [6.07, 6.45) is 4.19. The monoisotopic (exact) mass is 381 g/mol. The lowest BCUT2D eigenvalue weighted by molar-refractivity contribution is 0.254. The Bertz CT molecular complexity index is 857. The Hall–Kier alpha value is -2.65. The van der Waals surface area contributed by atoms with E-state index in [9.17, 15) is 10.4 Å². The first-order chi connectivity index (χ1) is 13.3. The largest absolute Gasteiger partial charge is 0.507 e. The van der Waals surface area contributed by atoms with Crippen molar-refractivity contribution in [3.8, 4) is 23.2 Å². The summed E-state index contributed by atoms with van der Waals surface area (Å²) in [7, 11) is 4.21. The fraction of sp³-hybridized carbons (Fsp3) is 0.500. The van der Waals surface area contributed by atoms with Gasteiger partial charge in [0.15, 0.2) is 5.82 Å². The van der Waals surface area contributed by atoms with Gasteiger partial charge in [-0.1, -0.05) is 31.9 Å². The first-order valence-corrected chi connectivity index (χ1v) is 9.82. The van der Waals surface area contributed by atoms with E-state index in [1.54, 1.807) is 6.07 Å². The van der Waals surface area contributed by atoms with Crippen molar-refractivity contribution in [3.63, 3.8) is 0 Å². The smallest absolute Gasteiger partial charge is 0.165 e. The molecule has 3 N–H and O–H groups in total. The maximum Gasteiger partial charge on any atom is 0.165 e. The second kappa shape index (κ2) is 9.52. The third kappa shape index (κ3) is 4.99. The zero-order valence-corrected chi connectivity index (χ0v) is 17.5. The molecule has 0 radical (unpaired) electrons. The molecule has 1 aromatic heterocycles. The highest BCUT2D eigenvalue weighted by atomic mass is 16.3. The number of aromatic hydroxyl groups is 1. The minimum Gasteiger partial charge on any atom is -0.507 e. The van der Waals surface area contributed by atoms with E-state index >= 15 is 0 Å². The van der Waals surface area contributed by atoms with Crippen molar-refractivity contribution < 1.29 is 5.11 Å². The number of rotatable bonds is 8. The number of nitriles is 1. The molecular weight excluding hydrogens is 350 g/mol. The number of phenols is 1. The van der Waals surface area contributed by atoms with Crippen LogP contribution in [-0.2, 0) is 0 Å². The highest BCUT2D eigenvalue weighted by Crippen LogP contribution is 2.32. The molecule has 6 nitrogen and oxygen atoms in total. The quantitative estimate of drug-likeness (QED) is 0.710. The molecule has 1 aromatic carbocycles. The number of phenolic OH excluding ortho intramolecular Hbond substituents is 1. The van der Waals surface area contributed by atoms with Gasteiger partial charge in [-0.2, -0.15) is 5.26 Å². The van der Waals surface area contributed by atoms with Crippen LogP contribution in [-0.4, -0.2) is 40.1 Å². The zero-order valence-electron chi connectivity index (χ0n) is 17.5. The number of benzene rings is 1. The normalized spacial score (nSPS) is 13.3. The molecule has 6 heteroatoms. The van der Waals surface area contributed by atoms with Gasteiger partial charge in [-0.05, 0) is 52.4 Å². The first kappa shape index (κ1) is 21.6. The number of nitrogen functional groups attached to an aromatic ring is 1. The summed E-state index contributed by atoms with van der Waals surface area (Å²) < 4.78 is 0. The van der Waals surface area contributed by atoms with E-state index in [1.807, 2.05) is 19.1 Å². The maximum absolute atomic E-state index is 10.2. The van der Waals surface area contributed by atoms with Gasteiger partial charge in [0.1, 0.15) is 23.2 Å². The summed E-state index contributed by atoms with van der Waals surface area (Å²) in [4.78, 5) is 11.2. The molecule has 2 aromatic rings. The highest BCUT2D eigenvalue weighted by Gasteiger charge is 2.21. The third-order valence-electron chi connectivity index (χ3n) is 5.22. The van der Waals surface area contributed by atoms with Crippen molar-refractivity contribution in [2.24, 2.45) is 0 Å². The molecule has 0 aliphatic rings. The van der Waals surface area contributed by atoms with Crippen LogP contribution in [0.1, 0.15) is 62.3 Å². The summed E-state index contributed by atoms with van der Waals surface area (Å²) in [5, 5.41) is 19.8. The van der Waals surface area contributed by atoms with Crippen molar-refractivity contribution in [1.82, 2.24) is 14.9 Å².